The first-order chi connectivity index (χ1) is 13.4. The van der Waals surface area contributed by atoms with Crippen LogP contribution in [0.5, 0.6) is 0 Å². The molecule has 1 aliphatic rings. The second kappa shape index (κ2) is 8.08. The fraction of sp³-hybridized carbons (Fsp3) is 0.227. The summed E-state index contributed by atoms with van der Waals surface area (Å²) in [5, 5.41) is 15.4. The number of nitrogens with one attached hydrogen (secondary N) is 1. The Morgan fingerprint density at radius 1 is 1.25 bits per heavy atom. The van der Waals surface area contributed by atoms with E-state index < -0.39 is 12.0 Å². The van der Waals surface area contributed by atoms with Crippen molar-refractivity contribution in [2.45, 2.75) is 32.2 Å². The third-order valence-corrected chi connectivity index (χ3v) is 4.96. The number of nitroso groups, excluding NO2 is 1. The number of aliphatic carboxylic acids is 1. The van der Waals surface area contributed by atoms with E-state index in [0.717, 1.165) is 24.0 Å². The number of carbonyl (C=O) groups is 1. The zero-order chi connectivity index (χ0) is 20.3. The van der Waals surface area contributed by atoms with Crippen molar-refractivity contribution < 1.29 is 9.90 Å². The molecule has 28 heavy (non-hydrogen) atoms. The van der Waals surface area contributed by atoms with Gasteiger partial charge in [-0.2, -0.15) is 0 Å². The van der Waals surface area contributed by atoms with Gasteiger partial charge < -0.3 is 16.2 Å². The zero-order valence-electron chi connectivity index (χ0n) is 15.7. The van der Waals surface area contributed by atoms with E-state index in [1.165, 1.54) is 11.1 Å². The van der Waals surface area contributed by atoms with Crippen molar-refractivity contribution in [2.24, 2.45) is 5.18 Å². The maximum Gasteiger partial charge on any atom is 0.326 e. The van der Waals surface area contributed by atoms with Gasteiger partial charge in [0.15, 0.2) is 0 Å². The normalized spacial score (nSPS) is 13.5. The van der Waals surface area contributed by atoms with Gasteiger partial charge in [-0.1, -0.05) is 36.4 Å². The molecule has 1 aliphatic carbocycles. The smallest absolute Gasteiger partial charge is 0.326 e. The standard InChI is InChI=1S/C22H23N3O3/c1-13(16-4-5-16)19-10-3-15(11-20(19)23)12-21(22(26)27)24-14(2)17-6-8-18(25-28)9-7-17/h3,6-11,21,24H,2,4-5,12,23H2,1H3,(H,26,27). The van der Waals surface area contributed by atoms with Crippen LogP contribution in [-0.4, -0.2) is 17.1 Å². The number of nitrogens with two attached hydrogens (primary N) is 1. The maximum atomic E-state index is 11.7. The van der Waals surface area contributed by atoms with Gasteiger partial charge in [0.25, 0.3) is 0 Å². The van der Waals surface area contributed by atoms with Crippen molar-refractivity contribution in [1.82, 2.24) is 5.32 Å². The van der Waals surface area contributed by atoms with Crippen LogP contribution in [0, 0.1) is 4.91 Å². The van der Waals surface area contributed by atoms with E-state index in [1.807, 2.05) is 18.2 Å². The van der Waals surface area contributed by atoms with Crippen LogP contribution in [0.3, 0.4) is 0 Å². The first-order valence-corrected chi connectivity index (χ1v) is 9.08. The summed E-state index contributed by atoms with van der Waals surface area (Å²) in [6.45, 7) is 5.99. The number of allylic oxidation sites excluding steroid dienone is 2. The van der Waals surface area contributed by atoms with Crippen LogP contribution in [0.1, 0.15) is 36.5 Å². The zero-order valence-corrected chi connectivity index (χ0v) is 15.7. The highest BCUT2D eigenvalue weighted by atomic mass is 16.4. The number of rotatable bonds is 8. The molecule has 144 valence electrons. The van der Waals surface area contributed by atoms with E-state index in [-0.39, 0.29) is 6.42 Å². The van der Waals surface area contributed by atoms with Crippen molar-refractivity contribution in [1.29, 1.82) is 0 Å². The Morgan fingerprint density at radius 3 is 2.46 bits per heavy atom. The number of hydrogen-bond acceptors (Lipinski definition) is 5. The van der Waals surface area contributed by atoms with Crippen LogP contribution in [0.25, 0.3) is 11.3 Å². The molecule has 2 aromatic carbocycles. The lowest BCUT2D eigenvalue weighted by atomic mass is 9.98. The molecule has 0 amide bonds. The Balaban J connectivity index is 1.73. The Morgan fingerprint density at radius 2 is 1.93 bits per heavy atom. The van der Waals surface area contributed by atoms with Crippen LogP contribution in [0.4, 0.5) is 11.4 Å². The van der Waals surface area contributed by atoms with Gasteiger partial charge in [0.2, 0.25) is 0 Å². The molecule has 4 N–H and O–H groups in total. The van der Waals surface area contributed by atoms with E-state index in [0.29, 0.717) is 22.6 Å². The summed E-state index contributed by atoms with van der Waals surface area (Å²) in [5.41, 5.74) is 12.8. The largest absolute Gasteiger partial charge is 0.480 e. The first-order valence-electron chi connectivity index (χ1n) is 9.08. The average molecular weight is 377 g/mol. The second-order valence-electron chi connectivity index (χ2n) is 7.01. The molecule has 3 rings (SSSR count). The van der Waals surface area contributed by atoms with Gasteiger partial charge in [-0.15, -0.1) is 4.91 Å². The predicted octanol–water partition coefficient (Wildman–Crippen LogP) is 4.49. The highest BCUT2D eigenvalue weighted by molar-refractivity contribution is 5.79. The Labute approximate surface area is 163 Å². The number of nitrogens with zero attached hydrogens (tertiary/aromatic N) is 1. The number of hydrogen-bond donors (Lipinski definition) is 3. The second-order valence-corrected chi connectivity index (χ2v) is 7.01. The van der Waals surface area contributed by atoms with E-state index in [4.69, 9.17) is 5.73 Å². The SMILES string of the molecule is C=C(NC(Cc1ccc(C(C)=C2CC2)c(N)c1)C(=O)O)c1ccc(N=O)cc1. The fourth-order valence-corrected chi connectivity index (χ4v) is 3.16. The summed E-state index contributed by atoms with van der Waals surface area (Å²) >= 11 is 0. The molecular weight excluding hydrogens is 354 g/mol. The van der Waals surface area contributed by atoms with Crippen LogP contribution in [0.15, 0.2) is 59.8 Å². The molecule has 0 bridgehead atoms. The number of carboxylic acids is 1. The lowest BCUT2D eigenvalue weighted by Gasteiger charge is -2.18. The molecule has 1 unspecified atom stereocenters. The summed E-state index contributed by atoms with van der Waals surface area (Å²) < 4.78 is 0. The quantitative estimate of drug-likeness (QED) is 0.464. The lowest BCUT2D eigenvalue weighted by Crippen LogP contribution is -2.37. The summed E-state index contributed by atoms with van der Waals surface area (Å²) in [7, 11) is 0. The minimum atomic E-state index is -0.980. The average Bonchev–Trinajstić information content (AvgIpc) is 3.52. The number of carboxylic acid groups (broad SMARTS) is 1. The number of benzene rings is 2. The summed E-state index contributed by atoms with van der Waals surface area (Å²) in [6, 6.07) is 11.3. The van der Waals surface area contributed by atoms with E-state index >= 15 is 0 Å². The minimum Gasteiger partial charge on any atom is -0.480 e. The summed E-state index contributed by atoms with van der Waals surface area (Å²) in [4.78, 5) is 22.2. The molecule has 0 radical (unpaired) electrons. The minimum absolute atomic E-state index is 0.266. The predicted molar refractivity (Wildman–Crippen MR) is 112 cm³/mol. The highest BCUT2D eigenvalue weighted by Crippen LogP contribution is 2.38. The third kappa shape index (κ3) is 4.46. The maximum absolute atomic E-state index is 11.7. The molecule has 0 aliphatic heterocycles. The summed E-state index contributed by atoms with van der Waals surface area (Å²) in [6.07, 6.45) is 2.52. The monoisotopic (exact) mass is 377 g/mol. The molecule has 0 spiro atoms. The third-order valence-electron chi connectivity index (χ3n) is 4.96. The molecule has 6 nitrogen and oxygen atoms in total. The van der Waals surface area contributed by atoms with Gasteiger partial charge in [-0.3, -0.25) is 0 Å². The van der Waals surface area contributed by atoms with Gasteiger partial charge in [-0.05, 0) is 59.8 Å². The van der Waals surface area contributed by atoms with E-state index in [9.17, 15) is 14.8 Å². The van der Waals surface area contributed by atoms with Crippen LogP contribution in [0.2, 0.25) is 0 Å². The molecule has 0 aromatic heterocycles. The first kappa shape index (κ1) is 19.4. The Bertz CT molecular complexity index is 955. The number of anilines is 1. The molecule has 0 saturated heterocycles. The van der Waals surface area contributed by atoms with Gasteiger partial charge in [0.1, 0.15) is 11.7 Å². The van der Waals surface area contributed by atoms with E-state index in [1.54, 1.807) is 24.3 Å². The highest BCUT2D eigenvalue weighted by Gasteiger charge is 2.21. The molecular formula is C22H23N3O3. The van der Waals surface area contributed by atoms with Crippen LogP contribution >= 0.6 is 0 Å². The van der Waals surface area contributed by atoms with Crippen molar-refractivity contribution in [2.75, 3.05) is 5.73 Å². The summed E-state index contributed by atoms with van der Waals surface area (Å²) in [5.74, 6) is -0.980. The van der Waals surface area contributed by atoms with Gasteiger partial charge in [0.05, 0.1) is 0 Å². The van der Waals surface area contributed by atoms with Gasteiger partial charge in [-0.25, -0.2) is 4.79 Å². The van der Waals surface area contributed by atoms with Crippen LogP contribution in [-0.2, 0) is 11.2 Å². The molecule has 0 heterocycles. The van der Waals surface area contributed by atoms with Gasteiger partial charge >= 0.3 is 5.97 Å². The topological polar surface area (TPSA) is 105 Å². The van der Waals surface area contributed by atoms with Gasteiger partial charge in [0, 0.05) is 23.4 Å². The Hall–Kier alpha value is -3.41. The molecule has 1 atom stereocenters. The van der Waals surface area contributed by atoms with Crippen molar-refractivity contribution >= 4 is 28.6 Å². The lowest BCUT2D eigenvalue weighted by molar-refractivity contribution is -0.139. The molecule has 2 aromatic rings. The van der Waals surface area contributed by atoms with Crippen molar-refractivity contribution in [3.63, 3.8) is 0 Å². The molecule has 1 fully saturated rings. The van der Waals surface area contributed by atoms with Crippen molar-refractivity contribution in [3.05, 3.63) is 76.2 Å². The Kier molecular flexibility index (Phi) is 5.59. The molecule has 1 saturated carbocycles. The fourth-order valence-electron chi connectivity index (χ4n) is 3.16. The number of nitrogen functional groups attached to an aromatic ring is 1. The molecule has 6 heteroatoms. The van der Waals surface area contributed by atoms with Crippen molar-refractivity contribution in [3.8, 4) is 0 Å². The van der Waals surface area contributed by atoms with Crippen LogP contribution < -0.4 is 11.1 Å². The van der Waals surface area contributed by atoms with E-state index in [2.05, 4.69) is 24.0 Å².